The first-order chi connectivity index (χ1) is 7.20. The van der Waals surface area contributed by atoms with E-state index in [4.69, 9.17) is 10.4 Å². The Morgan fingerprint density at radius 1 is 1.13 bits per heavy atom. The Bertz CT molecular complexity index is 410. The van der Waals surface area contributed by atoms with Gasteiger partial charge in [0, 0.05) is 5.56 Å². The van der Waals surface area contributed by atoms with E-state index in [0.29, 0.717) is 5.56 Å². The molecule has 0 heterocycles. The van der Waals surface area contributed by atoms with Crippen LogP contribution in [0.4, 0.5) is 0 Å². The van der Waals surface area contributed by atoms with E-state index >= 15 is 0 Å². The SMILES string of the molecule is CC(=N/O)/C(=N/O)C(=O)c1ccccc1. The van der Waals surface area contributed by atoms with E-state index in [2.05, 4.69) is 10.3 Å². The number of nitrogens with zero attached hydrogens (tertiary/aromatic N) is 2. The van der Waals surface area contributed by atoms with Crippen molar-refractivity contribution in [1.29, 1.82) is 0 Å². The predicted octanol–water partition coefficient (Wildman–Crippen LogP) is 1.55. The van der Waals surface area contributed by atoms with Crippen molar-refractivity contribution < 1.29 is 15.2 Å². The third-order valence-corrected chi connectivity index (χ3v) is 1.84. The van der Waals surface area contributed by atoms with Gasteiger partial charge in [0.1, 0.15) is 5.71 Å². The molecule has 0 atom stereocenters. The second kappa shape index (κ2) is 4.90. The summed E-state index contributed by atoms with van der Waals surface area (Å²) < 4.78 is 0. The zero-order chi connectivity index (χ0) is 11.3. The summed E-state index contributed by atoms with van der Waals surface area (Å²) in [5.41, 5.74) is 0.0587. The summed E-state index contributed by atoms with van der Waals surface area (Å²) in [6.07, 6.45) is 0. The molecule has 0 aliphatic rings. The number of benzene rings is 1. The lowest BCUT2D eigenvalue weighted by Gasteiger charge is -2.01. The van der Waals surface area contributed by atoms with Crippen molar-refractivity contribution in [2.45, 2.75) is 6.92 Å². The van der Waals surface area contributed by atoms with Crippen LogP contribution >= 0.6 is 0 Å². The maximum absolute atomic E-state index is 11.7. The highest BCUT2D eigenvalue weighted by Crippen LogP contribution is 2.02. The van der Waals surface area contributed by atoms with Gasteiger partial charge in [-0.25, -0.2) is 0 Å². The van der Waals surface area contributed by atoms with Crippen LogP contribution in [0.25, 0.3) is 0 Å². The Labute approximate surface area is 86.3 Å². The zero-order valence-corrected chi connectivity index (χ0v) is 8.08. The summed E-state index contributed by atoms with van der Waals surface area (Å²) >= 11 is 0. The summed E-state index contributed by atoms with van der Waals surface area (Å²) in [4.78, 5) is 11.7. The molecule has 0 bridgehead atoms. The first kappa shape index (κ1) is 10.9. The molecule has 5 heteroatoms. The number of carbonyl (C=O) groups excluding carboxylic acids is 1. The summed E-state index contributed by atoms with van der Waals surface area (Å²) in [7, 11) is 0. The summed E-state index contributed by atoms with van der Waals surface area (Å²) in [6.45, 7) is 1.37. The van der Waals surface area contributed by atoms with Gasteiger partial charge in [-0.05, 0) is 6.92 Å². The minimum atomic E-state index is -0.492. The molecule has 0 aliphatic carbocycles. The van der Waals surface area contributed by atoms with Crippen LogP contribution in [-0.4, -0.2) is 27.6 Å². The van der Waals surface area contributed by atoms with Gasteiger partial charge in [0.05, 0.1) is 0 Å². The van der Waals surface area contributed by atoms with Gasteiger partial charge in [-0.1, -0.05) is 40.6 Å². The van der Waals surface area contributed by atoms with E-state index in [9.17, 15) is 4.79 Å². The van der Waals surface area contributed by atoms with Gasteiger partial charge in [-0.15, -0.1) is 0 Å². The highest BCUT2D eigenvalue weighted by molar-refractivity contribution is 6.69. The molecule has 0 radical (unpaired) electrons. The Morgan fingerprint density at radius 2 is 1.73 bits per heavy atom. The average Bonchev–Trinajstić information content (AvgIpc) is 2.30. The maximum atomic E-state index is 11.7. The van der Waals surface area contributed by atoms with Crippen molar-refractivity contribution in [2.24, 2.45) is 10.3 Å². The molecular formula is C10H10N2O3. The smallest absolute Gasteiger partial charge is 0.216 e. The lowest BCUT2D eigenvalue weighted by molar-refractivity contribution is 0.106. The molecule has 0 saturated carbocycles. The molecule has 1 aromatic rings. The van der Waals surface area contributed by atoms with Crippen LogP contribution in [0.5, 0.6) is 0 Å². The van der Waals surface area contributed by atoms with Crippen molar-refractivity contribution in [1.82, 2.24) is 0 Å². The largest absolute Gasteiger partial charge is 0.411 e. The Kier molecular flexibility index (Phi) is 3.56. The molecule has 1 rings (SSSR count). The predicted molar refractivity (Wildman–Crippen MR) is 54.9 cm³/mol. The second-order valence-corrected chi connectivity index (χ2v) is 2.83. The number of carbonyl (C=O) groups is 1. The van der Waals surface area contributed by atoms with Crippen molar-refractivity contribution in [2.75, 3.05) is 0 Å². The maximum Gasteiger partial charge on any atom is 0.216 e. The summed E-state index contributed by atoms with van der Waals surface area (Å²) in [5.74, 6) is -0.492. The third-order valence-electron chi connectivity index (χ3n) is 1.84. The Morgan fingerprint density at radius 3 is 2.20 bits per heavy atom. The molecule has 0 amide bonds. The molecule has 0 saturated heterocycles. The molecule has 0 spiro atoms. The zero-order valence-electron chi connectivity index (χ0n) is 8.08. The second-order valence-electron chi connectivity index (χ2n) is 2.83. The van der Waals surface area contributed by atoms with E-state index in [1.807, 2.05) is 0 Å². The van der Waals surface area contributed by atoms with Gasteiger partial charge in [0.2, 0.25) is 5.78 Å². The van der Waals surface area contributed by atoms with Gasteiger partial charge >= 0.3 is 0 Å². The highest BCUT2D eigenvalue weighted by Gasteiger charge is 2.17. The normalized spacial score (nSPS) is 12.6. The molecule has 0 aliphatic heterocycles. The van der Waals surface area contributed by atoms with Crippen LogP contribution in [0.2, 0.25) is 0 Å². The van der Waals surface area contributed by atoms with Crippen LogP contribution < -0.4 is 0 Å². The monoisotopic (exact) mass is 206 g/mol. The minimum Gasteiger partial charge on any atom is -0.411 e. The molecule has 2 N–H and O–H groups in total. The van der Waals surface area contributed by atoms with Crippen LogP contribution in [0.3, 0.4) is 0 Å². The number of hydrogen-bond acceptors (Lipinski definition) is 5. The van der Waals surface area contributed by atoms with Gasteiger partial charge in [0.15, 0.2) is 5.71 Å². The molecule has 0 fully saturated rings. The molecular weight excluding hydrogens is 196 g/mol. The fourth-order valence-electron chi connectivity index (χ4n) is 1.06. The van der Waals surface area contributed by atoms with E-state index < -0.39 is 5.78 Å². The topological polar surface area (TPSA) is 82.2 Å². The van der Waals surface area contributed by atoms with E-state index in [0.717, 1.165) is 0 Å². The Hall–Kier alpha value is -2.17. The van der Waals surface area contributed by atoms with Crippen LogP contribution in [0.15, 0.2) is 40.6 Å². The molecule has 15 heavy (non-hydrogen) atoms. The van der Waals surface area contributed by atoms with E-state index in [1.165, 1.54) is 6.92 Å². The van der Waals surface area contributed by atoms with Gasteiger partial charge < -0.3 is 10.4 Å². The van der Waals surface area contributed by atoms with Crippen LogP contribution in [-0.2, 0) is 0 Å². The van der Waals surface area contributed by atoms with Crippen molar-refractivity contribution in [3.05, 3.63) is 35.9 Å². The summed E-state index contributed by atoms with van der Waals surface area (Å²) in [6, 6.07) is 8.30. The lowest BCUT2D eigenvalue weighted by atomic mass is 10.0. The van der Waals surface area contributed by atoms with E-state index in [-0.39, 0.29) is 11.4 Å². The number of hydrogen-bond donors (Lipinski definition) is 2. The fraction of sp³-hybridized carbons (Fsp3) is 0.100. The van der Waals surface area contributed by atoms with Gasteiger partial charge in [-0.2, -0.15) is 0 Å². The Balaban J connectivity index is 3.05. The van der Waals surface area contributed by atoms with Crippen molar-refractivity contribution in [3.63, 3.8) is 0 Å². The van der Waals surface area contributed by atoms with Crippen molar-refractivity contribution in [3.8, 4) is 0 Å². The number of oxime groups is 2. The first-order valence-corrected chi connectivity index (χ1v) is 4.21. The number of ketones is 1. The van der Waals surface area contributed by atoms with Crippen LogP contribution in [0.1, 0.15) is 17.3 Å². The minimum absolute atomic E-state index is 0.0358. The number of rotatable bonds is 3. The third kappa shape index (κ3) is 2.40. The molecule has 1 aromatic carbocycles. The lowest BCUT2D eigenvalue weighted by Crippen LogP contribution is -2.22. The highest BCUT2D eigenvalue weighted by atomic mass is 16.4. The fourth-order valence-corrected chi connectivity index (χ4v) is 1.06. The number of Topliss-reactive ketones (excluding diaryl/α,β-unsaturated/α-hetero) is 1. The van der Waals surface area contributed by atoms with Crippen molar-refractivity contribution >= 4 is 17.2 Å². The average molecular weight is 206 g/mol. The first-order valence-electron chi connectivity index (χ1n) is 4.21. The molecule has 78 valence electrons. The van der Waals surface area contributed by atoms with Gasteiger partial charge in [-0.3, -0.25) is 4.79 Å². The molecule has 0 aromatic heterocycles. The summed E-state index contributed by atoms with van der Waals surface area (Å²) in [5, 5.41) is 22.7. The molecule has 0 unspecified atom stereocenters. The van der Waals surface area contributed by atoms with E-state index in [1.54, 1.807) is 30.3 Å². The van der Waals surface area contributed by atoms with Crippen LogP contribution in [0, 0.1) is 0 Å². The van der Waals surface area contributed by atoms with Gasteiger partial charge in [0.25, 0.3) is 0 Å². The standard InChI is InChI=1S/C10H10N2O3/c1-7(11-14)9(12-15)10(13)8-5-3-2-4-6-8/h2-6,14-15H,1H3/b11-7-,12-9-. The molecule has 5 nitrogen and oxygen atoms in total. The quantitative estimate of drug-likeness (QED) is 0.340.